The van der Waals surface area contributed by atoms with Crippen LogP contribution in [0.2, 0.25) is 0 Å². The molecule has 0 atom stereocenters. The Hall–Kier alpha value is -2.22. The summed E-state index contributed by atoms with van der Waals surface area (Å²) in [6, 6.07) is 14.1. The van der Waals surface area contributed by atoms with Crippen LogP contribution in [0.5, 0.6) is 0 Å². The van der Waals surface area contributed by atoms with Crippen LogP contribution in [-0.2, 0) is 26.0 Å². The minimum absolute atomic E-state index is 0.116. The van der Waals surface area contributed by atoms with E-state index >= 15 is 0 Å². The van der Waals surface area contributed by atoms with Crippen molar-refractivity contribution < 1.29 is 17.9 Å². The highest BCUT2D eigenvalue weighted by atomic mass is 32.2. The summed E-state index contributed by atoms with van der Waals surface area (Å²) in [5.74, 6) is -0.0369. The van der Waals surface area contributed by atoms with Gasteiger partial charge in [0.25, 0.3) is 0 Å². The van der Waals surface area contributed by atoms with Crippen molar-refractivity contribution >= 4 is 15.9 Å². The van der Waals surface area contributed by atoms with Crippen LogP contribution in [0, 0.1) is 26.7 Å². The lowest BCUT2D eigenvalue weighted by atomic mass is 9.96. The van der Waals surface area contributed by atoms with Gasteiger partial charge in [-0.1, -0.05) is 48.0 Å². The number of sulfonamides is 1. The molecule has 0 aromatic heterocycles. The summed E-state index contributed by atoms with van der Waals surface area (Å²) >= 11 is 0. The first-order valence-electron chi connectivity index (χ1n) is 12.1. The van der Waals surface area contributed by atoms with Crippen molar-refractivity contribution in [3.63, 3.8) is 0 Å². The fourth-order valence-electron chi connectivity index (χ4n) is 4.96. The van der Waals surface area contributed by atoms with E-state index in [2.05, 4.69) is 12.1 Å². The summed E-state index contributed by atoms with van der Waals surface area (Å²) in [7, 11) is -1.94. The predicted molar refractivity (Wildman–Crippen MR) is 135 cm³/mol. The van der Waals surface area contributed by atoms with Gasteiger partial charge in [0.1, 0.15) is 0 Å². The van der Waals surface area contributed by atoms with E-state index < -0.39 is 10.0 Å². The second-order valence-corrected chi connectivity index (χ2v) is 11.2. The van der Waals surface area contributed by atoms with Crippen molar-refractivity contribution in [3.8, 4) is 0 Å². The number of rotatable bonds is 10. The number of ether oxygens (including phenoxy) is 1. The molecule has 0 radical (unpaired) electrons. The fourth-order valence-corrected chi connectivity index (χ4v) is 6.84. The van der Waals surface area contributed by atoms with E-state index in [9.17, 15) is 13.2 Å². The summed E-state index contributed by atoms with van der Waals surface area (Å²) in [5, 5.41) is 0. The molecule has 1 amide bonds. The zero-order valence-electron chi connectivity index (χ0n) is 20.9. The summed E-state index contributed by atoms with van der Waals surface area (Å²) in [4.78, 5) is 15.6. The predicted octanol–water partition coefficient (Wildman–Crippen LogP) is 4.12. The van der Waals surface area contributed by atoms with E-state index in [1.54, 1.807) is 11.4 Å². The zero-order valence-corrected chi connectivity index (χ0v) is 21.7. The summed E-state index contributed by atoms with van der Waals surface area (Å²) in [6.45, 7) is 8.15. The van der Waals surface area contributed by atoms with Gasteiger partial charge in [-0.05, 0) is 63.1 Å². The number of carbonyl (C=O) groups excluding carboxylic acids is 1. The zero-order chi connectivity index (χ0) is 24.7. The van der Waals surface area contributed by atoms with Gasteiger partial charge < -0.3 is 9.64 Å². The Morgan fingerprint density at radius 3 is 2.24 bits per heavy atom. The van der Waals surface area contributed by atoms with E-state index in [4.69, 9.17) is 4.74 Å². The Bertz CT molecular complexity index is 1040. The molecule has 0 unspecified atom stereocenters. The maximum absolute atomic E-state index is 13.4. The van der Waals surface area contributed by atoms with E-state index in [-0.39, 0.29) is 11.8 Å². The fraction of sp³-hybridized carbons (Fsp3) is 0.519. The molecule has 7 heteroatoms. The van der Waals surface area contributed by atoms with Crippen LogP contribution in [0.25, 0.3) is 0 Å². The Balaban J connectivity index is 1.62. The Morgan fingerprint density at radius 1 is 1.03 bits per heavy atom. The van der Waals surface area contributed by atoms with E-state index in [1.165, 1.54) is 5.56 Å². The summed E-state index contributed by atoms with van der Waals surface area (Å²) in [5.41, 5.74) is 3.88. The highest BCUT2D eigenvalue weighted by Crippen LogP contribution is 2.29. The van der Waals surface area contributed by atoms with E-state index in [1.807, 2.05) is 56.0 Å². The lowest BCUT2D eigenvalue weighted by Crippen LogP contribution is -2.45. The Kier molecular flexibility index (Phi) is 9.28. The van der Waals surface area contributed by atoms with Gasteiger partial charge in [-0.2, -0.15) is 4.31 Å². The Labute approximate surface area is 205 Å². The van der Waals surface area contributed by atoms with Crippen molar-refractivity contribution in [3.05, 3.63) is 64.7 Å². The molecule has 1 fully saturated rings. The van der Waals surface area contributed by atoms with Gasteiger partial charge >= 0.3 is 0 Å². The van der Waals surface area contributed by atoms with Gasteiger partial charge in [0.05, 0.1) is 11.5 Å². The highest BCUT2D eigenvalue weighted by molar-refractivity contribution is 7.89. The third kappa shape index (κ3) is 6.46. The molecule has 0 aliphatic carbocycles. The van der Waals surface area contributed by atoms with Crippen LogP contribution in [0.1, 0.15) is 41.5 Å². The molecule has 0 saturated carbocycles. The smallest absolute Gasteiger partial charge is 0.243 e. The summed E-state index contributed by atoms with van der Waals surface area (Å²) < 4.78 is 33.6. The van der Waals surface area contributed by atoms with Gasteiger partial charge in [-0.3, -0.25) is 4.79 Å². The SMILES string of the molecule is COCCN(CCCc1ccccc1)C(=O)C1CCN(S(=O)(=O)c2c(C)cc(C)cc2C)CC1. The van der Waals surface area contributed by atoms with Crippen molar-refractivity contribution in [2.75, 3.05) is 39.9 Å². The number of nitrogens with zero attached hydrogens (tertiary/aromatic N) is 2. The number of methoxy groups -OCH3 is 1. The second-order valence-electron chi connectivity index (χ2n) is 9.31. The third-order valence-electron chi connectivity index (χ3n) is 6.62. The molecule has 1 saturated heterocycles. The van der Waals surface area contributed by atoms with E-state index in [0.717, 1.165) is 29.5 Å². The minimum Gasteiger partial charge on any atom is -0.383 e. The molecule has 1 aliphatic heterocycles. The number of amides is 1. The first kappa shape index (κ1) is 26.4. The topological polar surface area (TPSA) is 66.9 Å². The second kappa shape index (κ2) is 12.0. The van der Waals surface area contributed by atoms with Crippen LogP contribution < -0.4 is 0 Å². The minimum atomic E-state index is -3.58. The number of hydrogen-bond donors (Lipinski definition) is 0. The van der Waals surface area contributed by atoms with Gasteiger partial charge in [0, 0.05) is 39.2 Å². The molecule has 6 nitrogen and oxygen atoms in total. The molecular weight excluding hydrogens is 448 g/mol. The number of benzene rings is 2. The summed E-state index contributed by atoms with van der Waals surface area (Å²) in [6.07, 6.45) is 2.90. The molecule has 2 aromatic rings. The van der Waals surface area contributed by atoms with Crippen molar-refractivity contribution in [2.45, 2.75) is 51.3 Å². The standard InChI is InChI=1S/C27H38N2O4S/c1-21-19-22(2)26(23(3)20-21)34(31,32)29-15-12-25(13-16-29)27(30)28(17-18-33-4)14-8-11-24-9-6-5-7-10-24/h5-7,9-10,19-20,25H,8,11-18H2,1-4H3. The molecule has 3 rings (SSSR count). The average Bonchev–Trinajstić information content (AvgIpc) is 2.80. The lowest BCUT2D eigenvalue weighted by Gasteiger charge is -2.34. The van der Waals surface area contributed by atoms with Crippen molar-refractivity contribution in [1.82, 2.24) is 9.21 Å². The number of aryl methyl sites for hydroxylation is 4. The molecule has 2 aromatic carbocycles. The van der Waals surface area contributed by atoms with Crippen LogP contribution in [-0.4, -0.2) is 63.4 Å². The largest absolute Gasteiger partial charge is 0.383 e. The molecule has 1 aliphatic rings. The van der Waals surface area contributed by atoms with Crippen LogP contribution in [0.3, 0.4) is 0 Å². The molecule has 186 valence electrons. The van der Waals surface area contributed by atoms with Crippen LogP contribution in [0.15, 0.2) is 47.4 Å². The normalized spacial score (nSPS) is 15.4. The van der Waals surface area contributed by atoms with Crippen LogP contribution >= 0.6 is 0 Å². The van der Waals surface area contributed by atoms with E-state index in [0.29, 0.717) is 50.5 Å². The van der Waals surface area contributed by atoms with Gasteiger partial charge in [-0.15, -0.1) is 0 Å². The Morgan fingerprint density at radius 2 is 1.65 bits per heavy atom. The monoisotopic (exact) mass is 486 g/mol. The number of hydrogen-bond acceptors (Lipinski definition) is 4. The highest BCUT2D eigenvalue weighted by Gasteiger charge is 2.35. The molecule has 34 heavy (non-hydrogen) atoms. The molecule has 0 bridgehead atoms. The lowest BCUT2D eigenvalue weighted by molar-refractivity contribution is -0.137. The first-order chi connectivity index (χ1) is 16.2. The molecule has 1 heterocycles. The molecule has 0 spiro atoms. The van der Waals surface area contributed by atoms with Crippen molar-refractivity contribution in [1.29, 1.82) is 0 Å². The van der Waals surface area contributed by atoms with Crippen molar-refractivity contribution in [2.24, 2.45) is 5.92 Å². The maximum atomic E-state index is 13.4. The van der Waals surface area contributed by atoms with Crippen LogP contribution in [0.4, 0.5) is 0 Å². The average molecular weight is 487 g/mol. The van der Waals surface area contributed by atoms with Gasteiger partial charge in [-0.25, -0.2) is 8.42 Å². The molecule has 0 N–H and O–H groups in total. The molecular formula is C27H38N2O4S. The third-order valence-corrected chi connectivity index (χ3v) is 8.82. The number of carbonyl (C=O) groups is 1. The first-order valence-corrected chi connectivity index (χ1v) is 13.6. The quantitative estimate of drug-likeness (QED) is 0.507. The van der Waals surface area contributed by atoms with Gasteiger partial charge in [0.15, 0.2) is 0 Å². The number of piperidine rings is 1. The van der Waals surface area contributed by atoms with Gasteiger partial charge in [0.2, 0.25) is 15.9 Å². The maximum Gasteiger partial charge on any atom is 0.243 e.